The predicted octanol–water partition coefficient (Wildman–Crippen LogP) is 2.80. The molecule has 70 valence electrons. The van der Waals surface area contributed by atoms with Crippen molar-refractivity contribution in [2.45, 2.75) is 32.2 Å². The van der Waals surface area contributed by atoms with Gasteiger partial charge in [-0.15, -0.1) is 0 Å². The maximum atomic E-state index is 6.09. The largest absolute Gasteiger partial charge is 0.324 e. The summed E-state index contributed by atoms with van der Waals surface area (Å²) >= 11 is 2.41. The smallest absolute Gasteiger partial charge is 0.0303 e. The van der Waals surface area contributed by atoms with Gasteiger partial charge in [-0.25, -0.2) is 0 Å². The van der Waals surface area contributed by atoms with Gasteiger partial charge in [0.25, 0.3) is 0 Å². The SMILES string of the molecule is CCc1c(I)ccc2c1[C@@H](N)CC2. The number of benzene rings is 1. The standard InChI is InChI=1S/C11H14IN/c1-2-8-9(12)5-3-7-4-6-10(13)11(7)8/h3,5,10H,2,4,6,13H2,1H3/t10-/m0/s1. The molecule has 1 nitrogen and oxygen atoms in total. The Morgan fingerprint density at radius 1 is 1.54 bits per heavy atom. The van der Waals surface area contributed by atoms with Crippen molar-refractivity contribution in [3.63, 3.8) is 0 Å². The first kappa shape index (κ1) is 9.46. The molecule has 0 unspecified atom stereocenters. The van der Waals surface area contributed by atoms with E-state index in [1.807, 2.05) is 0 Å². The van der Waals surface area contributed by atoms with E-state index < -0.39 is 0 Å². The highest BCUT2D eigenvalue weighted by Gasteiger charge is 2.22. The van der Waals surface area contributed by atoms with Gasteiger partial charge in [0.05, 0.1) is 0 Å². The van der Waals surface area contributed by atoms with Crippen LogP contribution < -0.4 is 5.73 Å². The molecule has 13 heavy (non-hydrogen) atoms. The molecule has 0 radical (unpaired) electrons. The average Bonchev–Trinajstić information content (AvgIpc) is 2.49. The Morgan fingerprint density at radius 2 is 2.31 bits per heavy atom. The third-order valence-corrected chi connectivity index (χ3v) is 3.85. The lowest BCUT2D eigenvalue weighted by Crippen LogP contribution is -2.09. The van der Waals surface area contributed by atoms with Gasteiger partial charge in [0, 0.05) is 9.61 Å². The molecule has 1 atom stereocenters. The van der Waals surface area contributed by atoms with Crippen LogP contribution in [0.3, 0.4) is 0 Å². The van der Waals surface area contributed by atoms with Crippen molar-refractivity contribution in [2.24, 2.45) is 5.73 Å². The lowest BCUT2D eigenvalue weighted by molar-refractivity contribution is 0.707. The molecule has 1 aliphatic carbocycles. The molecule has 2 heteroatoms. The number of fused-ring (bicyclic) bond motifs is 1. The molecule has 0 saturated carbocycles. The second-order valence-corrected chi connectivity index (χ2v) is 4.76. The minimum Gasteiger partial charge on any atom is -0.324 e. The van der Waals surface area contributed by atoms with Gasteiger partial charge in [-0.05, 0) is 64.6 Å². The van der Waals surface area contributed by atoms with E-state index in [2.05, 4.69) is 41.6 Å². The zero-order valence-electron chi connectivity index (χ0n) is 7.81. The van der Waals surface area contributed by atoms with Crippen LogP contribution in [-0.4, -0.2) is 0 Å². The Hall–Kier alpha value is -0.0900. The Bertz CT molecular complexity index is 333. The van der Waals surface area contributed by atoms with Crippen molar-refractivity contribution in [3.8, 4) is 0 Å². The number of hydrogen-bond acceptors (Lipinski definition) is 1. The van der Waals surface area contributed by atoms with Gasteiger partial charge in [0.15, 0.2) is 0 Å². The van der Waals surface area contributed by atoms with Gasteiger partial charge < -0.3 is 5.73 Å². The van der Waals surface area contributed by atoms with Crippen molar-refractivity contribution >= 4 is 22.6 Å². The average molecular weight is 287 g/mol. The summed E-state index contributed by atoms with van der Waals surface area (Å²) in [6.07, 6.45) is 3.40. The van der Waals surface area contributed by atoms with E-state index in [0.29, 0.717) is 6.04 Å². The van der Waals surface area contributed by atoms with E-state index >= 15 is 0 Å². The normalized spacial score (nSPS) is 20.4. The first-order valence-corrected chi connectivity index (χ1v) is 5.87. The molecule has 2 rings (SSSR count). The molecule has 2 N–H and O–H groups in total. The van der Waals surface area contributed by atoms with Crippen LogP contribution in [0.5, 0.6) is 0 Å². The number of nitrogens with two attached hydrogens (primary N) is 1. The van der Waals surface area contributed by atoms with Crippen molar-refractivity contribution in [2.75, 3.05) is 0 Å². The first-order valence-electron chi connectivity index (χ1n) is 4.79. The summed E-state index contributed by atoms with van der Waals surface area (Å²) in [7, 11) is 0. The molecule has 0 aromatic heterocycles. The zero-order chi connectivity index (χ0) is 9.42. The predicted molar refractivity (Wildman–Crippen MR) is 63.8 cm³/mol. The van der Waals surface area contributed by atoms with Gasteiger partial charge in [-0.2, -0.15) is 0 Å². The lowest BCUT2D eigenvalue weighted by Gasteiger charge is -2.12. The Labute approximate surface area is 92.9 Å². The van der Waals surface area contributed by atoms with Crippen LogP contribution in [0.1, 0.15) is 36.1 Å². The molecule has 0 saturated heterocycles. The highest BCUT2D eigenvalue weighted by atomic mass is 127. The molecule has 0 spiro atoms. The summed E-state index contributed by atoms with van der Waals surface area (Å²) in [5.74, 6) is 0. The fraction of sp³-hybridized carbons (Fsp3) is 0.455. The molecular formula is C11H14IN. The maximum Gasteiger partial charge on any atom is 0.0303 e. The Balaban J connectivity index is 2.60. The fourth-order valence-corrected chi connectivity index (χ4v) is 3.03. The molecular weight excluding hydrogens is 273 g/mol. The Morgan fingerprint density at radius 3 is 3.00 bits per heavy atom. The fourth-order valence-electron chi connectivity index (χ4n) is 2.18. The van der Waals surface area contributed by atoms with Crippen LogP contribution in [0.25, 0.3) is 0 Å². The van der Waals surface area contributed by atoms with Crippen LogP contribution in [0.4, 0.5) is 0 Å². The van der Waals surface area contributed by atoms with Gasteiger partial charge in [-0.1, -0.05) is 13.0 Å². The van der Waals surface area contributed by atoms with Crippen LogP contribution in [0.15, 0.2) is 12.1 Å². The Kier molecular flexibility index (Phi) is 2.60. The van der Waals surface area contributed by atoms with Gasteiger partial charge >= 0.3 is 0 Å². The third-order valence-electron chi connectivity index (χ3n) is 2.84. The van der Waals surface area contributed by atoms with Gasteiger partial charge in [-0.3, -0.25) is 0 Å². The number of aryl methyl sites for hydroxylation is 1. The second-order valence-electron chi connectivity index (χ2n) is 3.60. The second kappa shape index (κ2) is 3.58. The van der Waals surface area contributed by atoms with Crippen LogP contribution in [-0.2, 0) is 12.8 Å². The molecule has 1 aliphatic rings. The first-order chi connectivity index (χ1) is 6.24. The van der Waals surface area contributed by atoms with E-state index in [9.17, 15) is 0 Å². The molecule has 0 bridgehead atoms. The molecule has 0 amide bonds. The summed E-state index contributed by atoms with van der Waals surface area (Å²) in [6.45, 7) is 2.21. The van der Waals surface area contributed by atoms with E-state index in [1.165, 1.54) is 26.7 Å². The monoisotopic (exact) mass is 287 g/mol. The maximum absolute atomic E-state index is 6.09. The van der Waals surface area contributed by atoms with Crippen molar-refractivity contribution in [3.05, 3.63) is 32.4 Å². The summed E-state index contributed by atoms with van der Waals surface area (Å²) in [6, 6.07) is 4.75. The molecule has 1 aromatic carbocycles. The summed E-state index contributed by atoms with van der Waals surface area (Å²) in [4.78, 5) is 0. The summed E-state index contributed by atoms with van der Waals surface area (Å²) in [5, 5.41) is 0. The van der Waals surface area contributed by atoms with Crippen LogP contribution in [0.2, 0.25) is 0 Å². The molecule has 0 aliphatic heterocycles. The highest BCUT2D eigenvalue weighted by molar-refractivity contribution is 14.1. The van der Waals surface area contributed by atoms with Crippen molar-refractivity contribution in [1.29, 1.82) is 0 Å². The van der Waals surface area contributed by atoms with Gasteiger partial charge in [0.2, 0.25) is 0 Å². The van der Waals surface area contributed by atoms with E-state index in [-0.39, 0.29) is 0 Å². The topological polar surface area (TPSA) is 26.0 Å². The van der Waals surface area contributed by atoms with Crippen molar-refractivity contribution < 1.29 is 0 Å². The third kappa shape index (κ3) is 1.50. The molecule has 0 fully saturated rings. The summed E-state index contributed by atoms with van der Waals surface area (Å²) < 4.78 is 1.37. The van der Waals surface area contributed by atoms with Crippen LogP contribution >= 0.6 is 22.6 Å². The van der Waals surface area contributed by atoms with E-state index in [1.54, 1.807) is 0 Å². The summed E-state index contributed by atoms with van der Waals surface area (Å²) in [5.41, 5.74) is 10.5. The van der Waals surface area contributed by atoms with E-state index in [4.69, 9.17) is 5.73 Å². The zero-order valence-corrected chi connectivity index (χ0v) is 9.97. The molecule has 0 heterocycles. The minimum absolute atomic E-state index is 0.291. The number of rotatable bonds is 1. The van der Waals surface area contributed by atoms with Gasteiger partial charge in [0.1, 0.15) is 0 Å². The van der Waals surface area contributed by atoms with Crippen molar-refractivity contribution in [1.82, 2.24) is 0 Å². The molecule has 1 aromatic rings. The highest BCUT2D eigenvalue weighted by Crippen LogP contribution is 2.34. The number of halogens is 1. The van der Waals surface area contributed by atoms with Crippen LogP contribution in [0, 0.1) is 3.57 Å². The lowest BCUT2D eigenvalue weighted by atomic mass is 9.99. The quantitative estimate of drug-likeness (QED) is 0.790. The minimum atomic E-state index is 0.291. The van der Waals surface area contributed by atoms with E-state index in [0.717, 1.165) is 12.8 Å². The number of hydrogen-bond donors (Lipinski definition) is 1.